The van der Waals surface area contributed by atoms with Crippen LogP contribution >= 0.6 is 0 Å². The van der Waals surface area contributed by atoms with E-state index in [9.17, 15) is 9.59 Å². The predicted octanol–water partition coefficient (Wildman–Crippen LogP) is 4.79. The molecule has 0 spiro atoms. The Labute approximate surface area is 162 Å². The fourth-order valence-corrected chi connectivity index (χ4v) is 3.68. The Morgan fingerprint density at radius 3 is 2.33 bits per heavy atom. The minimum atomic E-state index is 0.0820. The molecule has 0 saturated carbocycles. The fourth-order valence-electron chi connectivity index (χ4n) is 3.68. The first kappa shape index (κ1) is 20.7. The van der Waals surface area contributed by atoms with E-state index in [4.69, 9.17) is 0 Å². The zero-order valence-electron chi connectivity index (χ0n) is 17.3. The SMILES string of the molecule is CCN(Cc1cccc(NCc2c(C)cc(C)c(C(C)=O)c2C)c1)C(C)=O. The molecule has 4 heteroatoms. The average molecular weight is 367 g/mol. The lowest BCUT2D eigenvalue weighted by atomic mass is 9.91. The van der Waals surface area contributed by atoms with E-state index in [1.54, 1.807) is 13.8 Å². The summed E-state index contributed by atoms with van der Waals surface area (Å²) >= 11 is 0. The molecule has 0 aromatic heterocycles. The molecule has 1 amide bonds. The van der Waals surface area contributed by atoms with E-state index in [2.05, 4.69) is 24.4 Å². The predicted molar refractivity (Wildman–Crippen MR) is 111 cm³/mol. The lowest BCUT2D eigenvalue weighted by Gasteiger charge is -2.20. The van der Waals surface area contributed by atoms with Crippen LogP contribution in [0.1, 0.15) is 58.9 Å². The maximum absolute atomic E-state index is 12.0. The number of amides is 1. The highest BCUT2D eigenvalue weighted by molar-refractivity contribution is 5.97. The molecule has 2 aromatic rings. The highest BCUT2D eigenvalue weighted by Gasteiger charge is 2.14. The van der Waals surface area contributed by atoms with Gasteiger partial charge in [-0.05, 0) is 74.6 Å². The third-order valence-electron chi connectivity index (χ3n) is 5.08. The van der Waals surface area contributed by atoms with Crippen LogP contribution in [-0.4, -0.2) is 23.1 Å². The Bertz CT molecular complexity index is 856. The highest BCUT2D eigenvalue weighted by Crippen LogP contribution is 2.24. The summed E-state index contributed by atoms with van der Waals surface area (Å²) in [6.45, 7) is 13.3. The van der Waals surface area contributed by atoms with Gasteiger partial charge in [0.2, 0.25) is 5.91 Å². The molecule has 0 saturated heterocycles. The van der Waals surface area contributed by atoms with Crippen LogP contribution in [0.2, 0.25) is 0 Å². The Balaban J connectivity index is 2.20. The molecule has 0 heterocycles. The minimum absolute atomic E-state index is 0.0820. The molecular weight excluding hydrogens is 336 g/mol. The minimum Gasteiger partial charge on any atom is -0.381 e. The smallest absolute Gasteiger partial charge is 0.219 e. The van der Waals surface area contributed by atoms with E-state index in [1.807, 2.05) is 43.9 Å². The van der Waals surface area contributed by atoms with Crippen LogP contribution in [0.3, 0.4) is 0 Å². The van der Waals surface area contributed by atoms with Crippen molar-refractivity contribution >= 4 is 17.4 Å². The van der Waals surface area contributed by atoms with E-state index in [0.29, 0.717) is 19.6 Å². The number of nitrogens with one attached hydrogen (secondary N) is 1. The summed E-state index contributed by atoms with van der Waals surface area (Å²) in [5, 5.41) is 3.47. The molecular formula is C23H30N2O2. The number of Topliss-reactive ketones (excluding diaryl/α,β-unsaturated/α-hetero) is 1. The summed E-state index contributed by atoms with van der Waals surface area (Å²) in [7, 11) is 0. The van der Waals surface area contributed by atoms with Gasteiger partial charge in [0.05, 0.1) is 0 Å². The Morgan fingerprint density at radius 1 is 1.04 bits per heavy atom. The largest absolute Gasteiger partial charge is 0.381 e. The summed E-state index contributed by atoms with van der Waals surface area (Å²) in [5.41, 5.74) is 7.37. The molecule has 0 aliphatic rings. The molecule has 0 aliphatic carbocycles. The first-order chi connectivity index (χ1) is 12.7. The summed E-state index contributed by atoms with van der Waals surface area (Å²) < 4.78 is 0. The van der Waals surface area contributed by atoms with Crippen molar-refractivity contribution in [2.75, 3.05) is 11.9 Å². The Morgan fingerprint density at radius 2 is 1.74 bits per heavy atom. The third-order valence-corrected chi connectivity index (χ3v) is 5.08. The van der Waals surface area contributed by atoms with E-state index in [-0.39, 0.29) is 11.7 Å². The van der Waals surface area contributed by atoms with Gasteiger partial charge in [0.25, 0.3) is 0 Å². The molecule has 0 bridgehead atoms. The Hall–Kier alpha value is -2.62. The van der Waals surface area contributed by atoms with Crippen LogP contribution in [0.5, 0.6) is 0 Å². The Kier molecular flexibility index (Phi) is 6.78. The van der Waals surface area contributed by atoms with Crippen LogP contribution in [0.4, 0.5) is 5.69 Å². The molecule has 1 N–H and O–H groups in total. The van der Waals surface area contributed by atoms with Gasteiger partial charge in [0.15, 0.2) is 5.78 Å². The molecule has 27 heavy (non-hydrogen) atoms. The number of aryl methyl sites for hydroxylation is 2. The van der Waals surface area contributed by atoms with E-state index >= 15 is 0 Å². The number of ketones is 1. The van der Waals surface area contributed by atoms with E-state index < -0.39 is 0 Å². The molecule has 0 unspecified atom stereocenters. The van der Waals surface area contributed by atoms with Gasteiger partial charge in [-0.1, -0.05) is 18.2 Å². The molecule has 0 fully saturated rings. The maximum Gasteiger partial charge on any atom is 0.219 e. The fraction of sp³-hybridized carbons (Fsp3) is 0.391. The molecule has 2 aromatic carbocycles. The van der Waals surface area contributed by atoms with Crippen LogP contribution in [0.15, 0.2) is 30.3 Å². The third kappa shape index (κ3) is 4.97. The van der Waals surface area contributed by atoms with Crippen molar-refractivity contribution in [2.45, 2.75) is 54.6 Å². The lowest BCUT2D eigenvalue weighted by Crippen LogP contribution is -2.27. The zero-order valence-corrected chi connectivity index (χ0v) is 17.3. The van der Waals surface area contributed by atoms with Crippen molar-refractivity contribution in [3.05, 3.63) is 63.7 Å². The van der Waals surface area contributed by atoms with Gasteiger partial charge in [-0.15, -0.1) is 0 Å². The number of rotatable bonds is 7. The number of nitrogens with zero attached hydrogens (tertiary/aromatic N) is 1. The van der Waals surface area contributed by atoms with Crippen LogP contribution in [-0.2, 0) is 17.9 Å². The van der Waals surface area contributed by atoms with Gasteiger partial charge in [-0.25, -0.2) is 0 Å². The molecule has 144 valence electrons. The molecule has 0 radical (unpaired) electrons. The quantitative estimate of drug-likeness (QED) is 0.717. The number of carbonyl (C=O) groups is 2. The second-order valence-electron chi connectivity index (χ2n) is 7.13. The number of hydrogen-bond donors (Lipinski definition) is 1. The van der Waals surface area contributed by atoms with Crippen molar-refractivity contribution in [3.8, 4) is 0 Å². The monoisotopic (exact) mass is 366 g/mol. The van der Waals surface area contributed by atoms with Gasteiger partial charge in [0, 0.05) is 37.8 Å². The van der Waals surface area contributed by atoms with E-state index in [0.717, 1.165) is 33.5 Å². The molecule has 0 aliphatic heterocycles. The summed E-state index contributed by atoms with van der Waals surface area (Å²) in [6.07, 6.45) is 0. The van der Waals surface area contributed by atoms with Crippen molar-refractivity contribution in [1.29, 1.82) is 0 Å². The summed E-state index contributed by atoms with van der Waals surface area (Å²) in [4.78, 5) is 25.5. The second kappa shape index (κ2) is 8.85. The van der Waals surface area contributed by atoms with Gasteiger partial charge in [0.1, 0.15) is 0 Å². The van der Waals surface area contributed by atoms with Gasteiger partial charge in [-0.2, -0.15) is 0 Å². The normalized spacial score (nSPS) is 10.6. The first-order valence-electron chi connectivity index (χ1n) is 9.43. The number of benzene rings is 2. The molecule has 2 rings (SSSR count). The van der Waals surface area contributed by atoms with Gasteiger partial charge in [-0.3, -0.25) is 9.59 Å². The standard InChI is InChI=1S/C23H30N2O2/c1-7-25(19(6)27)14-20-9-8-10-21(12-20)24-13-22-15(2)11-16(3)23(17(22)4)18(5)26/h8-12,24H,7,13-14H2,1-6H3. The highest BCUT2D eigenvalue weighted by atomic mass is 16.2. The molecule has 0 atom stereocenters. The van der Waals surface area contributed by atoms with E-state index in [1.165, 1.54) is 5.56 Å². The van der Waals surface area contributed by atoms with Crippen LogP contribution in [0.25, 0.3) is 0 Å². The molecule has 4 nitrogen and oxygen atoms in total. The lowest BCUT2D eigenvalue weighted by molar-refractivity contribution is -0.129. The van der Waals surface area contributed by atoms with Crippen molar-refractivity contribution < 1.29 is 9.59 Å². The second-order valence-corrected chi connectivity index (χ2v) is 7.13. The van der Waals surface area contributed by atoms with Crippen LogP contribution in [0, 0.1) is 20.8 Å². The van der Waals surface area contributed by atoms with Crippen molar-refractivity contribution in [2.24, 2.45) is 0 Å². The summed E-state index contributed by atoms with van der Waals surface area (Å²) in [6, 6.07) is 10.2. The van der Waals surface area contributed by atoms with Crippen LogP contribution < -0.4 is 5.32 Å². The van der Waals surface area contributed by atoms with Crippen molar-refractivity contribution in [1.82, 2.24) is 4.90 Å². The average Bonchev–Trinajstić information content (AvgIpc) is 2.58. The number of anilines is 1. The van der Waals surface area contributed by atoms with Gasteiger partial charge >= 0.3 is 0 Å². The van der Waals surface area contributed by atoms with Crippen molar-refractivity contribution in [3.63, 3.8) is 0 Å². The number of hydrogen-bond acceptors (Lipinski definition) is 3. The first-order valence-corrected chi connectivity index (χ1v) is 9.43. The zero-order chi connectivity index (χ0) is 20.1. The van der Waals surface area contributed by atoms with Gasteiger partial charge < -0.3 is 10.2 Å². The maximum atomic E-state index is 12.0. The topological polar surface area (TPSA) is 49.4 Å². The number of carbonyl (C=O) groups excluding carboxylic acids is 2. The summed E-state index contributed by atoms with van der Waals surface area (Å²) in [5.74, 6) is 0.190.